The van der Waals surface area contributed by atoms with Crippen molar-refractivity contribution in [2.45, 2.75) is 36.1 Å². The molecule has 0 N–H and O–H groups in total. The topological polar surface area (TPSA) is 68.1 Å². The number of hydrogen-bond acceptors (Lipinski definition) is 4. The molecule has 1 aliphatic carbocycles. The summed E-state index contributed by atoms with van der Waals surface area (Å²) >= 11 is 0. The van der Waals surface area contributed by atoms with Crippen LogP contribution in [0.1, 0.15) is 36.9 Å². The van der Waals surface area contributed by atoms with E-state index in [1.54, 1.807) is 4.68 Å². The van der Waals surface area contributed by atoms with Gasteiger partial charge in [-0.2, -0.15) is 4.31 Å². The van der Waals surface area contributed by atoms with Crippen molar-refractivity contribution in [3.63, 3.8) is 0 Å². The molecule has 0 bridgehead atoms. The molecule has 2 fully saturated rings. The summed E-state index contributed by atoms with van der Waals surface area (Å²) in [4.78, 5) is -0.266. The van der Waals surface area contributed by atoms with Gasteiger partial charge in [0.2, 0.25) is 10.0 Å². The average Bonchev–Trinajstić information content (AvgIpc) is 3.07. The smallest absolute Gasteiger partial charge is 0.246 e. The van der Waals surface area contributed by atoms with Gasteiger partial charge in [-0.3, -0.25) is 0 Å². The summed E-state index contributed by atoms with van der Waals surface area (Å²) in [7, 11) is -3.81. The molecule has 1 saturated carbocycles. The summed E-state index contributed by atoms with van der Waals surface area (Å²) in [5.41, 5.74) is 0.986. The highest BCUT2D eigenvalue weighted by atomic mass is 32.2. The number of nitrogens with zero attached hydrogens (tertiary/aromatic N) is 4. The second kappa shape index (κ2) is 5.38. The predicted molar refractivity (Wildman–Crippen MR) is 80.8 cm³/mol. The van der Waals surface area contributed by atoms with Crippen molar-refractivity contribution >= 4 is 10.0 Å². The Bertz CT molecular complexity index is 832. The molecule has 0 amide bonds. The first-order valence-electron chi connectivity index (χ1n) is 7.72. The standard InChI is InChI=1S/C15H17FN4O2S/c16-13-3-1-2-4-15(13)23(21,22)19-8-7-12(9-19)20-10-14(17-18-20)11-5-6-11/h1-4,10-12H,5-9H2/t12-/m0/s1. The SMILES string of the molecule is O=S(=O)(c1ccccc1F)N1CC[C@H](n2cc(C3CC3)nn2)C1. The van der Waals surface area contributed by atoms with Gasteiger partial charge in [0, 0.05) is 25.2 Å². The van der Waals surface area contributed by atoms with Crippen LogP contribution in [0.4, 0.5) is 4.39 Å². The van der Waals surface area contributed by atoms with E-state index < -0.39 is 15.8 Å². The van der Waals surface area contributed by atoms with Crippen LogP contribution < -0.4 is 0 Å². The van der Waals surface area contributed by atoms with E-state index in [-0.39, 0.29) is 10.9 Å². The van der Waals surface area contributed by atoms with Crippen molar-refractivity contribution in [2.75, 3.05) is 13.1 Å². The Morgan fingerprint density at radius 1 is 1.17 bits per heavy atom. The molecule has 23 heavy (non-hydrogen) atoms. The zero-order chi connectivity index (χ0) is 16.0. The van der Waals surface area contributed by atoms with E-state index in [0.717, 1.165) is 18.5 Å². The Kier molecular flexibility index (Phi) is 3.46. The zero-order valence-electron chi connectivity index (χ0n) is 12.5. The number of rotatable bonds is 4. The lowest BCUT2D eigenvalue weighted by Crippen LogP contribution is -2.30. The molecule has 2 heterocycles. The lowest BCUT2D eigenvalue weighted by molar-refractivity contribution is 0.425. The van der Waals surface area contributed by atoms with Gasteiger partial charge in [0.25, 0.3) is 0 Å². The summed E-state index contributed by atoms with van der Waals surface area (Å²) in [5.74, 6) is -0.198. The fraction of sp³-hybridized carbons (Fsp3) is 0.467. The van der Waals surface area contributed by atoms with Crippen molar-refractivity contribution in [1.29, 1.82) is 0 Å². The van der Waals surface area contributed by atoms with Crippen LogP contribution in [0.15, 0.2) is 35.4 Å². The molecule has 0 spiro atoms. The summed E-state index contributed by atoms with van der Waals surface area (Å²) in [6.07, 6.45) is 4.87. The van der Waals surface area contributed by atoms with Crippen LogP contribution in [0.25, 0.3) is 0 Å². The molecule has 1 aliphatic heterocycles. The van der Waals surface area contributed by atoms with Crippen LogP contribution in [0.5, 0.6) is 0 Å². The number of aromatic nitrogens is 3. The second-order valence-corrected chi connectivity index (χ2v) is 8.04. The Hall–Kier alpha value is -1.80. The highest BCUT2D eigenvalue weighted by Crippen LogP contribution is 2.39. The van der Waals surface area contributed by atoms with E-state index in [4.69, 9.17) is 0 Å². The summed E-state index contributed by atoms with van der Waals surface area (Å²) in [6, 6.07) is 5.44. The molecule has 6 nitrogen and oxygen atoms in total. The number of halogens is 1. The Morgan fingerprint density at radius 2 is 1.96 bits per heavy atom. The van der Waals surface area contributed by atoms with E-state index in [1.165, 1.54) is 28.6 Å². The Labute approximate surface area is 134 Å². The third-order valence-corrected chi connectivity index (χ3v) is 6.38. The molecule has 1 aromatic carbocycles. The predicted octanol–water partition coefficient (Wildman–Crippen LogP) is 1.93. The highest BCUT2D eigenvalue weighted by molar-refractivity contribution is 7.89. The summed E-state index contributed by atoms with van der Waals surface area (Å²) < 4.78 is 42.1. The first-order valence-corrected chi connectivity index (χ1v) is 9.16. The monoisotopic (exact) mass is 336 g/mol. The second-order valence-electron chi connectivity index (χ2n) is 6.13. The molecule has 122 valence electrons. The van der Waals surface area contributed by atoms with E-state index >= 15 is 0 Å². The van der Waals surface area contributed by atoms with Gasteiger partial charge < -0.3 is 0 Å². The molecular weight excluding hydrogens is 319 g/mol. The van der Waals surface area contributed by atoms with Crippen molar-refractivity contribution in [3.8, 4) is 0 Å². The maximum atomic E-state index is 13.8. The molecule has 0 unspecified atom stereocenters. The van der Waals surface area contributed by atoms with Crippen molar-refractivity contribution < 1.29 is 12.8 Å². The average molecular weight is 336 g/mol. The summed E-state index contributed by atoms with van der Waals surface area (Å²) in [6.45, 7) is 0.657. The third kappa shape index (κ3) is 2.66. The summed E-state index contributed by atoms with van der Waals surface area (Å²) in [5, 5.41) is 8.30. The van der Waals surface area contributed by atoms with Crippen LogP contribution >= 0.6 is 0 Å². The number of benzene rings is 1. The molecular formula is C15H17FN4O2S. The molecule has 1 aromatic heterocycles. The first kappa shape index (κ1) is 14.8. The minimum absolute atomic E-state index is 0.0449. The molecule has 1 saturated heterocycles. The molecule has 4 rings (SSSR count). The van der Waals surface area contributed by atoms with Crippen molar-refractivity contribution in [3.05, 3.63) is 42.0 Å². The highest BCUT2D eigenvalue weighted by Gasteiger charge is 2.36. The van der Waals surface area contributed by atoms with Gasteiger partial charge in [0.15, 0.2) is 0 Å². The molecule has 8 heteroatoms. The minimum atomic E-state index is -3.81. The van der Waals surface area contributed by atoms with E-state index in [1.807, 2.05) is 6.20 Å². The van der Waals surface area contributed by atoms with E-state index in [2.05, 4.69) is 10.3 Å². The van der Waals surface area contributed by atoms with Gasteiger partial charge in [0.1, 0.15) is 10.7 Å². The Balaban J connectivity index is 1.54. The van der Waals surface area contributed by atoms with Crippen LogP contribution in [0.3, 0.4) is 0 Å². The van der Waals surface area contributed by atoms with Crippen LogP contribution in [0, 0.1) is 5.82 Å². The van der Waals surface area contributed by atoms with Gasteiger partial charge in [-0.1, -0.05) is 17.3 Å². The van der Waals surface area contributed by atoms with Gasteiger partial charge in [0.05, 0.1) is 11.7 Å². The fourth-order valence-electron chi connectivity index (χ4n) is 2.97. The normalized spacial score (nSPS) is 22.6. The van der Waals surface area contributed by atoms with Gasteiger partial charge in [-0.15, -0.1) is 5.10 Å². The largest absolute Gasteiger partial charge is 0.248 e. The van der Waals surface area contributed by atoms with E-state index in [9.17, 15) is 12.8 Å². The molecule has 1 atom stereocenters. The maximum absolute atomic E-state index is 13.8. The maximum Gasteiger partial charge on any atom is 0.246 e. The third-order valence-electron chi connectivity index (χ3n) is 4.48. The lowest BCUT2D eigenvalue weighted by atomic mass is 10.2. The van der Waals surface area contributed by atoms with Crippen LogP contribution in [-0.2, 0) is 10.0 Å². The Morgan fingerprint density at radius 3 is 2.70 bits per heavy atom. The van der Waals surface area contributed by atoms with Crippen molar-refractivity contribution in [1.82, 2.24) is 19.3 Å². The van der Waals surface area contributed by atoms with E-state index in [0.29, 0.717) is 25.4 Å². The number of hydrogen-bond donors (Lipinski definition) is 0. The van der Waals surface area contributed by atoms with Gasteiger partial charge >= 0.3 is 0 Å². The van der Waals surface area contributed by atoms with Gasteiger partial charge in [-0.25, -0.2) is 17.5 Å². The fourth-order valence-corrected chi connectivity index (χ4v) is 4.53. The molecule has 2 aromatic rings. The van der Waals surface area contributed by atoms with Crippen molar-refractivity contribution in [2.24, 2.45) is 0 Å². The minimum Gasteiger partial charge on any atom is -0.248 e. The number of sulfonamides is 1. The van der Waals surface area contributed by atoms with Crippen LogP contribution in [0.2, 0.25) is 0 Å². The quantitative estimate of drug-likeness (QED) is 0.855. The first-order chi connectivity index (χ1) is 11.1. The molecule has 2 aliphatic rings. The van der Waals surface area contributed by atoms with Crippen LogP contribution in [-0.4, -0.2) is 40.8 Å². The zero-order valence-corrected chi connectivity index (χ0v) is 13.3. The van der Waals surface area contributed by atoms with Gasteiger partial charge in [-0.05, 0) is 31.4 Å². The lowest BCUT2D eigenvalue weighted by Gasteiger charge is -2.17. The molecule has 0 radical (unpaired) electrons.